The number of nitrogens with two attached hydrogens (primary N) is 1. The fourth-order valence-corrected chi connectivity index (χ4v) is 2.91. The van der Waals surface area contributed by atoms with E-state index in [0.29, 0.717) is 6.04 Å². The summed E-state index contributed by atoms with van der Waals surface area (Å²) in [5, 5.41) is 0. The van der Waals surface area contributed by atoms with E-state index >= 15 is 0 Å². The zero-order valence-electron chi connectivity index (χ0n) is 10.2. The molecular weight excluding hydrogens is 186 g/mol. The maximum absolute atomic E-state index is 5.90. The van der Waals surface area contributed by atoms with Crippen molar-refractivity contribution < 1.29 is 0 Å². The number of nitrogens with zero attached hydrogens (tertiary/aromatic N) is 2. The van der Waals surface area contributed by atoms with Crippen LogP contribution in [0.25, 0.3) is 0 Å². The van der Waals surface area contributed by atoms with Crippen LogP contribution in [0.2, 0.25) is 0 Å². The second kappa shape index (κ2) is 4.81. The molecule has 3 heteroatoms. The molecule has 0 aromatic rings. The number of hydrogen-bond acceptors (Lipinski definition) is 3. The third-order valence-electron chi connectivity index (χ3n) is 4.11. The minimum absolute atomic E-state index is 0.640. The molecule has 1 aliphatic carbocycles. The second-order valence-corrected chi connectivity index (χ2v) is 5.36. The van der Waals surface area contributed by atoms with Gasteiger partial charge in [0.15, 0.2) is 0 Å². The molecule has 0 bridgehead atoms. The summed E-state index contributed by atoms with van der Waals surface area (Å²) in [5.41, 5.74) is 5.90. The molecular formula is C12H25N3. The molecule has 2 aliphatic rings. The number of rotatable bonds is 4. The van der Waals surface area contributed by atoms with Gasteiger partial charge in [-0.25, -0.2) is 0 Å². The van der Waals surface area contributed by atoms with E-state index in [1.165, 1.54) is 38.8 Å². The third-order valence-corrected chi connectivity index (χ3v) is 4.11. The first-order valence-electron chi connectivity index (χ1n) is 6.33. The Labute approximate surface area is 93.6 Å². The molecule has 2 atom stereocenters. The van der Waals surface area contributed by atoms with Gasteiger partial charge in [-0.2, -0.15) is 0 Å². The maximum atomic E-state index is 5.90. The Bertz CT molecular complexity index is 203. The van der Waals surface area contributed by atoms with Gasteiger partial charge in [0, 0.05) is 25.2 Å². The first kappa shape index (κ1) is 11.4. The maximum Gasteiger partial charge on any atom is 0.0247 e. The topological polar surface area (TPSA) is 32.5 Å². The second-order valence-electron chi connectivity index (χ2n) is 5.36. The Hall–Kier alpha value is -0.120. The van der Waals surface area contributed by atoms with Crippen molar-refractivity contribution in [2.45, 2.75) is 37.8 Å². The van der Waals surface area contributed by atoms with Gasteiger partial charge < -0.3 is 10.6 Å². The molecule has 15 heavy (non-hydrogen) atoms. The highest BCUT2D eigenvalue weighted by molar-refractivity contribution is 4.91. The Balaban J connectivity index is 1.89. The van der Waals surface area contributed by atoms with Gasteiger partial charge in [0.1, 0.15) is 0 Å². The smallest absolute Gasteiger partial charge is 0.0247 e. The van der Waals surface area contributed by atoms with Crippen LogP contribution in [0.15, 0.2) is 0 Å². The van der Waals surface area contributed by atoms with E-state index in [9.17, 15) is 0 Å². The summed E-state index contributed by atoms with van der Waals surface area (Å²) >= 11 is 0. The average Bonchev–Trinajstić information content (AvgIpc) is 3.03. The molecule has 2 N–H and O–H groups in total. The van der Waals surface area contributed by atoms with E-state index in [0.717, 1.165) is 18.5 Å². The highest BCUT2D eigenvalue weighted by Gasteiger charge is 2.36. The quantitative estimate of drug-likeness (QED) is 0.745. The number of hydrogen-bond donors (Lipinski definition) is 1. The fourth-order valence-electron chi connectivity index (χ4n) is 2.91. The SMILES string of the molecule is CN1CCCC(N(C)C(CN)C2CC2)C1. The molecule has 1 aliphatic heterocycles. The number of likely N-dealkylation sites (N-methyl/N-ethyl adjacent to an activating group) is 2. The van der Waals surface area contributed by atoms with Crippen molar-refractivity contribution in [2.24, 2.45) is 11.7 Å². The lowest BCUT2D eigenvalue weighted by Gasteiger charge is -2.40. The van der Waals surface area contributed by atoms with E-state index in [2.05, 4.69) is 23.9 Å². The molecule has 1 heterocycles. The lowest BCUT2D eigenvalue weighted by atomic mass is 10.0. The number of likely N-dealkylation sites (tertiary alicyclic amines) is 1. The highest BCUT2D eigenvalue weighted by Crippen LogP contribution is 2.35. The zero-order valence-corrected chi connectivity index (χ0v) is 10.2. The van der Waals surface area contributed by atoms with Crippen LogP contribution in [-0.4, -0.2) is 55.6 Å². The van der Waals surface area contributed by atoms with E-state index in [1.807, 2.05) is 0 Å². The molecule has 1 saturated heterocycles. The van der Waals surface area contributed by atoms with Gasteiger partial charge in [-0.3, -0.25) is 4.90 Å². The molecule has 0 aromatic heterocycles. The molecule has 88 valence electrons. The molecule has 2 unspecified atom stereocenters. The van der Waals surface area contributed by atoms with Crippen LogP contribution in [0.3, 0.4) is 0 Å². The summed E-state index contributed by atoms with van der Waals surface area (Å²) in [7, 11) is 4.51. The van der Waals surface area contributed by atoms with Gasteiger partial charge in [0.2, 0.25) is 0 Å². The van der Waals surface area contributed by atoms with Crippen molar-refractivity contribution in [3.05, 3.63) is 0 Å². The van der Waals surface area contributed by atoms with Crippen LogP contribution in [0.4, 0.5) is 0 Å². The molecule has 0 spiro atoms. The predicted molar refractivity (Wildman–Crippen MR) is 63.8 cm³/mol. The molecule has 0 radical (unpaired) electrons. The minimum Gasteiger partial charge on any atom is -0.329 e. The summed E-state index contributed by atoms with van der Waals surface area (Å²) in [4.78, 5) is 5.01. The molecule has 1 saturated carbocycles. The van der Waals surface area contributed by atoms with Crippen molar-refractivity contribution in [3.8, 4) is 0 Å². The van der Waals surface area contributed by atoms with Crippen molar-refractivity contribution in [1.29, 1.82) is 0 Å². The largest absolute Gasteiger partial charge is 0.329 e. The van der Waals surface area contributed by atoms with Crippen LogP contribution in [0.1, 0.15) is 25.7 Å². The van der Waals surface area contributed by atoms with Crippen molar-refractivity contribution >= 4 is 0 Å². The van der Waals surface area contributed by atoms with Gasteiger partial charge in [-0.05, 0) is 52.2 Å². The lowest BCUT2D eigenvalue weighted by Crippen LogP contribution is -2.51. The average molecular weight is 211 g/mol. The molecule has 0 amide bonds. The molecule has 2 fully saturated rings. The summed E-state index contributed by atoms with van der Waals surface area (Å²) in [6, 6.07) is 1.37. The van der Waals surface area contributed by atoms with Crippen LogP contribution >= 0.6 is 0 Å². The highest BCUT2D eigenvalue weighted by atomic mass is 15.2. The molecule has 0 aromatic carbocycles. The van der Waals surface area contributed by atoms with Gasteiger partial charge in [0.25, 0.3) is 0 Å². The predicted octanol–water partition coefficient (Wildman–Crippen LogP) is 0.750. The van der Waals surface area contributed by atoms with Gasteiger partial charge in [0.05, 0.1) is 0 Å². The summed E-state index contributed by atoms with van der Waals surface area (Å²) in [6.07, 6.45) is 5.49. The fraction of sp³-hybridized carbons (Fsp3) is 1.00. The zero-order chi connectivity index (χ0) is 10.8. The Kier molecular flexibility index (Phi) is 3.65. The van der Waals surface area contributed by atoms with Crippen molar-refractivity contribution in [3.63, 3.8) is 0 Å². The van der Waals surface area contributed by atoms with Crippen LogP contribution in [-0.2, 0) is 0 Å². The van der Waals surface area contributed by atoms with Gasteiger partial charge >= 0.3 is 0 Å². The Morgan fingerprint density at radius 2 is 2.13 bits per heavy atom. The summed E-state index contributed by atoms with van der Waals surface area (Å²) < 4.78 is 0. The molecule has 2 rings (SSSR count). The first-order valence-corrected chi connectivity index (χ1v) is 6.33. The number of piperidine rings is 1. The van der Waals surface area contributed by atoms with Crippen molar-refractivity contribution in [2.75, 3.05) is 33.7 Å². The monoisotopic (exact) mass is 211 g/mol. The minimum atomic E-state index is 0.640. The lowest BCUT2D eigenvalue weighted by molar-refractivity contribution is 0.0923. The standard InChI is InChI=1S/C12H25N3/c1-14-7-3-4-11(9-14)15(2)12(8-13)10-5-6-10/h10-12H,3-9,13H2,1-2H3. The van der Waals surface area contributed by atoms with E-state index < -0.39 is 0 Å². The van der Waals surface area contributed by atoms with Crippen LogP contribution < -0.4 is 5.73 Å². The normalized spacial score (nSPS) is 30.8. The van der Waals surface area contributed by atoms with Crippen LogP contribution in [0.5, 0.6) is 0 Å². The van der Waals surface area contributed by atoms with E-state index in [-0.39, 0.29) is 0 Å². The Morgan fingerprint density at radius 1 is 1.40 bits per heavy atom. The van der Waals surface area contributed by atoms with E-state index in [1.54, 1.807) is 0 Å². The first-order chi connectivity index (χ1) is 7.22. The van der Waals surface area contributed by atoms with Gasteiger partial charge in [-0.15, -0.1) is 0 Å². The van der Waals surface area contributed by atoms with Crippen LogP contribution in [0, 0.1) is 5.92 Å². The van der Waals surface area contributed by atoms with Crippen molar-refractivity contribution in [1.82, 2.24) is 9.80 Å². The summed E-state index contributed by atoms with van der Waals surface area (Å²) in [6.45, 7) is 3.32. The van der Waals surface area contributed by atoms with E-state index in [4.69, 9.17) is 5.73 Å². The van der Waals surface area contributed by atoms with Gasteiger partial charge in [-0.1, -0.05) is 0 Å². The summed E-state index contributed by atoms with van der Waals surface area (Å²) in [5.74, 6) is 0.896. The molecule has 3 nitrogen and oxygen atoms in total. The third kappa shape index (κ3) is 2.71. The Morgan fingerprint density at radius 3 is 2.67 bits per heavy atom.